The number of nitrogens with zero attached hydrogens (tertiary/aromatic N) is 1. The number of rotatable bonds is 1. The monoisotopic (exact) mass is 247 g/mol. The summed E-state index contributed by atoms with van der Waals surface area (Å²) in [5.41, 5.74) is 1.38. The summed E-state index contributed by atoms with van der Waals surface area (Å²) in [7, 11) is 0. The molecule has 1 aromatic carbocycles. The zero-order valence-electron chi connectivity index (χ0n) is 11.3. The van der Waals surface area contributed by atoms with Crippen LogP contribution >= 0.6 is 0 Å². The molecule has 98 valence electrons. The van der Waals surface area contributed by atoms with Crippen molar-refractivity contribution in [1.82, 2.24) is 4.90 Å². The molecule has 0 saturated carbocycles. The number of amides is 1. The molecular weight excluding hydrogens is 226 g/mol. The molecule has 0 bridgehead atoms. The Bertz CT molecular complexity index is 446. The molecule has 0 radical (unpaired) electrons. The molecular formula is C15H21NO2. The Hall–Kier alpha value is -1.51. The normalized spacial score (nSPS) is 24.1. The van der Waals surface area contributed by atoms with Crippen LogP contribution in [0.25, 0.3) is 0 Å². The average Bonchev–Trinajstić information content (AvgIpc) is 2.32. The van der Waals surface area contributed by atoms with E-state index in [0.29, 0.717) is 5.56 Å². The second-order valence-electron chi connectivity index (χ2n) is 5.34. The van der Waals surface area contributed by atoms with Crippen molar-refractivity contribution in [1.29, 1.82) is 0 Å². The van der Waals surface area contributed by atoms with Gasteiger partial charge in [0.05, 0.1) is 0 Å². The third kappa shape index (κ3) is 2.35. The van der Waals surface area contributed by atoms with E-state index < -0.39 is 0 Å². The van der Waals surface area contributed by atoms with E-state index in [0.717, 1.165) is 18.4 Å². The lowest BCUT2D eigenvalue weighted by atomic mass is 9.96. The van der Waals surface area contributed by atoms with Gasteiger partial charge in [-0.2, -0.15) is 0 Å². The van der Waals surface area contributed by atoms with Crippen LogP contribution in [-0.4, -0.2) is 28.0 Å². The van der Waals surface area contributed by atoms with Gasteiger partial charge in [-0.15, -0.1) is 0 Å². The molecule has 1 aliphatic heterocycles. The van der Waals surface area contributed by atoms with Gasteiger partial charge in [-0.05, 0) is 57.7 Å². The summed E-state index contributed by atoms with van der Waals surface area (Å²) in [4.78, 5) is 14.5. The van der Waals surface area contributed by atoms with Gasteiger partial charge >= 0.3 is 0 Å². The van der Waals surface area contributed by atoms with Crippen LogP contribution < -0.4 is 0 Å². The van der Waals surface area contributed by atoms with E-state index in [1.807, 2.05) is 11.8 Å². The Balaban J connectivity index is 2.26. The average molecular weight is 247 g/mol. The first kappa shape index (κ1) is 12.9. The summed E-state index contributed by atoms with van der Waals surface area (Å²) in [6.07, 6.45) is 3.31. The number of aromatic hydroxyl groups is 1. The van der Waals surface area contributed by atoms with Gasteiger partial charge < -0.3 is 10.0 Å². The van der Waals surface area contributed by atoms with E-state index in [9.17, 15) is 9.90 Å². The van der Waals surface area contributed by atoms with Crippen LogP contribution in [0, 0.1) is 6.92 Å². The highest BCUT2D eigenvalue weighted by molar-refractivity contribution is 5.95. The molecule has 2 atom stereocenters. The van der Waals surface area contributed by atoms with Gasteiger partial charge in [0.15, 0.2) is 0 Å². The lowest BCUT2D eigenvalue weighted by molar-refractivity contribution is 0.0510. The van der Waals surface area contributed by atoms with Gasteiger partial charge in [0.25, 0.3) is 5.91 Å². The maximum absolute atomic E-state index is 12.5. The number of likely N-dealkylation sites (tertiary alicyclic amines) is 1. The molecule has 1 fully saturated rings. The largest absolute Gasteiger partial charge is 0.508 e. The highest BCUT2D eigenvalue weighted by Gasteiger charge is 2.29. The minimum absolute atomic E-state index is 0.0324. The van der Waals surface area contributed by atoms with Gasteiger partial charge in [-0.3, -0.25) is 4.79 Å². The number of hydrogen-bond donors (Lipinski definition) is 1. The number of carbonyl (C=O) groups is 1. The highest BCUT2D eigenvalue weighted by atomic mass is 16.3. The Morgan fingerprint density at radius 2 is 1.89 bits per heavy atom. The minimum Gasteiger partial charge on any atom is -0.508 e. The van der Waals surface area contributed by atoms with Gasteiger partial charge in [0, 0.05) is 17.6 Å². The standard InChI is InChI=1S/C15H21NO2/c1-10-7-8-13(9-14(10)17)15(18)16-11(2)5-4-6-12(16)3/h7-9,11-12,17H,4-6H2,1-3H3. The van der Waals surface area contributed by atoms with Crippen molar-refractivity contribution in [2.45, 2.75) is 52.1 Å². The van der Waals surface area contributed by atoms with Crippen molar-refractivity contribution in [2.75, 3.05) is 0 Å². The first-order valence-electron chi connectivity index (χ1n) is 6.63. The van der Waals surface area contributed by atoms with Crippen molar-refractivity contribution in [2.24, 2.45) is 0 Å². The van der Waals surface area contributed by atoms with E-state index in [2.05, 4.69) is 13.8 Å². The predicted molar refractivity (Wildman–Crippen MR) is 71.8 cm³/mol. The number of carbonyl (C=O) groups excluding carboxylic acids is 1. The molecule has 3 nitrogen and oxygen atoms in total. The Kier molecular flexibility index (Phi) is 3.60. The Labute approximate surface area is 108 Å². The van der Waals surface area contributed by atoms with Crippen LogP contribution in [0.4, 0.5) is 0 Å². The minimum atomic E-state index is 0.0324. The zero-order valence-corrected chi connectivity index (χ0v) is 11.3. The van der Waals surface area contributed by atoms with Gasteiger partial charge in [-0.1, -0.05) is 6.07 Å². The molecule has 1 saturated heterocycles. The number of aryl methyl sites for hydroxylation is 1. The molecule has 1 heterocycles. The second-order valence-corrected chi connectivity index (χ2v) is 5.34. The molecule has 0 spiro atoms. The highest BCUT2D eigenvalue weighted by Crippen LogP contribution is 2.26. The van der Waals surface area contributed by atoms with E-state index in [1.165, 1.54) is 6.42 Å². The van der Waals surface area contributed by atoms with Crippen LogP contribution in [-0.2, 0) is 0 Å². The third-order valence-electron chi connectivity index (χ3n) is 3.88. The maximum Gasteiger partial charge on any atom is 0.254 e. The zero-order chi connectivity index (χ0) is 13.3. The molecule has 3 heteroatoms. The topological polar surface area (TPSA) is 40.5 Å². The van der Waals surface area contributed by atoms with Crippen LogP contribution in [0.1, 0.15) is 49.0 Å². The summed E-state index contributed by atoms with van der Waals surface area (Å²) < 4.78 is 0. The van der Waals surface area contributed by atoms with Crippen LogP contribution in [0.3, 0.4) is 0 Å². The fourth-order valence-corrected chi connectivity index (χ4v) is 2.71. The SMILES string of the molecule is Cc1ccc(C(=O)N2C(C)CCCC2C)cc1O. The smallest absolute Gasteiger partial charge is 0.254 e. The number of benzene rings is 1. The number of phenolic OH excluding ortho intramolecular Hbond substituents is 1. The van der Waals surface area contributed by atoms with E-state index in [1.54, 1.807) is 18.2 Å². The molecule has 1 aliphatic rings. The maximum atomic E-state index is 12.5. The Morgan fingerprint density at radius 1 is 1.28 bits per heavy atom. The number of phenols is 1. The molecule has 18 heavy (non-hydrogen) atoms. The molecule has 0 aromatic heterocycles. The summed E-state index contributed by atoms with van der Waals surface area (Å²) in [5.74, 6) is 0.225. The van der Waals surface area contributed by atoms with Crippen molar-refractivity contribution >= 4 is 5.91 Å². The first-order valence-corrected chi connectivity index (χ1v) is 6.63. The van der Waals surface area contributed by atoms with Gasteiger partial charge in [-0.25, -0.2) is 0 Å². The lowest BCUT2D eigenvalue weighted by Crippen LogP contribution is -2.47. The first-order chi connectivity index (χ1) is 8.50. The summed E-state index contributed by atoms with van der Waals surface area (Å²) in [5, 5.41) is 9.71. The molecule has 2 unspecified atom stereocenters. The van der Waals surface area contributed by atoms with Crippen molar-refractivity contribution in [3.8, 4) is 5.75 Å². The predicted octanol–water partition coefficient (Wildman–Crippen LogP) is 3.10. The quantitative estimate of drug-likeness (QED) is 0.828. The van der Waals surface area contributed by atoms with E-state index >= 15 is 0 Å². The van der Waals surface area contributed by atoms with E-state index in [4.69, 9.17) is 0 Å². The molecule has 1 aromatic rings. The Morgan fingerprint density at radius 3 is 2.44 bits per heavy atom. The van der Waals surface area contributed by atoms with Crippen molar-refractivity contribution in [3.63, 3.8) is 0 Å². The van der Waals surface area contributed by atoms with Crippen LogP contribution in [0.5, 0.6) is 5.75 Å². The summed E-state index contributed by atoms with van der Waals surface area (Å²) in [6, 6.07) is 5.73. The van der Waals surface area contributed by atoms with Crippen molar-refractivity contribution in [3.05, 3.63) is 29.3 Å². The van der Waals surface area contributed by atoms with Gasteiger partial charge in [0.2, 0.25) is 0 Å². The third-order valence-corrected chi connectivity index (χ3v) is 3.88. The summed E-state index contributed by atoms with van der Waals surface area (Å²) >= 11 is 0. The molecule has 2 rings (SSSR count). The fraction of sp³-hybridized carbons (Fsp3) is 0.533. The number of piperidine rings is 1. The van der Waals surface area contributed by atoms with Crippen molar-refractivity contribution < 1.29 is 9.90 Å². The second kappa shape index (κ2) is 5.01. The summed E-state index contributed by atoms with van der Waals surface area (Å²) in [6.45, 7) is 6.03. The van der Waals surface area contributed by atoms with Crippen LogP contribution in [0.2, 0.25) is 0 Å². The van der Waals surface area contributed by atoms with E-state index in [-0.39, 0.29) is 23.7 Å². The van der Waals surface area contributed by atoms with Gasteiger partial charge in [0.1, 0.15) is 5.75 Å². The molecule has 1 N–H and O–H groups in total. The van der Waals surface area contributed by atoms with Crippen LogP contribution in [0.15, 0.2) is 18.2 Å². The number of hydrogen-bond acceptors (Lipinski definition) is 2. The lowest BCUT2D eigenvalue weighted by Gasteiger charge is -2.39. The fourth-order valence-electron chi connectivity index (χ4n) is 2.71. The molecule has 0 aliphatic carbocycles. The molecule has 1 amide bonds.